The van der Waals surface area contributed by atoms with Crippen LogP contribution >= 0.6 is 23.1 Å². The first kappa shape index (κ1) is 17.5. The monoisotopic (exact) mass is 342 g/mol. The minimum Gasteiger partial charge on any atom is -0.331 e. The molecule has 2 rings (SSSR count). The molecular formula is C15H26N4OS2. The number of hydrogen-bond donors (Lipinski definition) is 1. The molecule has 0 saturated carbocycles. The van der Waals surface area contributed by atoms with Gasteiger partial charge in [-0.2, -0.15) is 11.8 Å². The van der Waals surface area contributed by atoms with Gasteiger partial charge in [0.05, 0.1) is 6.54 Å². The Bertz CT molecular complexity index is 498. The number of nitrogens with zero attached hydrogens (tertiary/aromatic N) is 3. The molecule has 1 aromatic heterocycles. The molecule has 1 atom stereocenters. The number of carbonyl (C=O) groups is 1. The fraction of sp³-hybridized carbons (Fsp3) is 0.800. The number of carbonyl (C=O) groups excluding carboxylic acids is 1. The summed E-state index contributed by atoms with van der Waals surface area (Å²) in [7, 11) is 0. The van der Waals surface area contributed by atoms with Crippen LogP contribution in [0, 0.1) is 0 Å². The number of thioether (sulfide) groups is 1. The van der Waals surface area contributed by atoms with Gasteiger partial charge in [0.15, 0.2) is 0 Å². The number of amides is 2. The van der Waals surface area contributed by atoms with Gasteiger partial charge in [-0.25, -0.2) is 4.79 Å². The van der Waals surface area contributed by atoms with Gasteiger partial charge >= 0.3 is 6.03 Å². The third-order valence-electron chi connectivity index (χ3n) is 3.75. The second-order valence-electron chi connectivity index (χ2n) is 6.71. The highest BCUT2D eigenvalue weighted by Gasteiger charge is 2.22. The Kier molecular flexibility index (Phi) is 6.09. The van der Waals surface area contributed by atoms with Crippen LogP contribution in [-0.2, 0) is 12.0 Å². The molecule has 124 valence electrons. The quantitative estimate of drug-likeness (QED) is 0.916. The normalized spacial score (nSPS) is 19.8. The largest absolute Gasteiger partial charge is 0.331 e. The molecule has 0 aromatic carbocycles. The third-order valence-corrected chi connectivity index (χ3v) is 6.15. The van der Waals surface area contributed by atoms with Crippen molar-refractivity contribution in [3.63, 3.8) is 0 Å². The Labute approximate surface area is 141 Å². The zero-order chi connectivity index (χ0) is 16.2. The summed E-state index contributed by atoms with van der Waals surface area (Å²) >= 11 is 3.44. The zero-order valence-electron chi connectivity index (χ0n) is 13.9. The number of urea groups is 1. The molecule has 1 saturated heterocycles. The summed E-state index contributed by atoms with van der Waals surface area (Å²) < 4.78 is 0. The van der Waals surface area contributed by atoms with E-state index in [1.807, 2.05) is 16.7 Å². The molecule has 2 heterocycles. The minimum atomic E-state index is 0.0102. The van der Waals surface area contributed by atoms with Crippen LogP contribution in [0.5, 0.6) is 0 Å². The van der Waals surface area contributed by atoms with Crippen molar-refractivity contribution in [1.82, 2.24) is 20.4 Å². The van der Waals surface area contributed by atoms with Crippen LogP contribution in [0.15, 0.2) is 0 Å². The highest BCUT2D eigenvalue weighted by Crippen LogP contribution is 2.25. The lowest BCUT2D eigenvalue weighted by Crippen LogP contribution is -2.42. The molecule has 0 bridgehead atoms. The van der Waals surface area contributed by atoms with Crippen molar-refractivity contribution >= 4 is 29.1 Å². The molecule has 1 aliphatic rings. The van der Waals surface area contributed by atoms with E-state index in [-0.39, 0.29) is 11.4 Å². The van der Waals surface area contributed by atoms with Gasteiger partial charge in [0.1, 0.15) is 10.0 Å². The number of aromatic nitrogens is 2. The van der Waals surface area contributed by atoms with E-state index in [1.165, 1.54) is 12.8 Å². The Morgan fingerprint density at radius 1 is 1.41 bits per heavy atom. The molecule has 0 aliphatic carbocycles. The van der Waals surface area contributed by atoms with Crippen LogP contribution in [0.25, 0.3) is 0 Å². The van der Waals surface area contributed by atoms with Gasteiger partial charge in [-0.15, -0.1) is 10.2 Å². The summed E-state index contributed by atoms with van der Waals surface area (Å²) in [4.78, 5) is 14.3. The number of nitrogens with one attached hydrogen (secondary N) is 1. The SMILES string of the molecule is CSC1CCCCN(C(=O)NCc2nnc(C(C)(C)C)s2)C1. The molecule has 0 spiro atoms. The number of hydrogen-bond acceptors (Lipinski definition) is 5. The van der Waals surface area contributed by atoms with E-state index < -0.39 is 0 Å². The Balaban J connectivity index is 1.87. The van der Waals surface area contributed by atoms with Gasteiger partial charge < -0.3 is 10.2 Å². The van der Waals surface area contributed by atoms with Crippen LogP contribution in [0.3, 0.4) is 0 Å². The van der Waals surface area contributed by atoms with Gasteiger partial charge in [0.2, 0.25) is 0 Å². The standard InChI is InChI=1S/C15H26N4OS2/c1-15(2,3)13-18-17-12(22-13)9-16-14(20)19-8-6-5-7-11(10-19)21-4/h11H,5-10H2,1-4H3,(H,16,20). The average molecular weight is 343 g/mol. The van der Waals surface area contributed by atoms with Gasteiger partial charge in [0, 0.05) is 23.8 Å². The maximum Gasteiger partial charge on any atom is 0.317 e. The Hall–Kier alpha value is -0.820. The topological polar surface area (TPSA) is 58.1 Å². The van der Waals surface area contributed by atoms with Crippen LogP contribution in [0.4, 0.5) is 4.79 Å². The molecule has 1 unspecified atom stereocenters. The summed E-state index contributed by atoms with van der Waals surface area (Å²) in [5.74, 6) is 0. The highest BCUT2D eigenvalue weighted by atomic mass is 32.2. The van der Waals surface area contributed by atoms with Crippen LogP contribution in [0.1, 0.15) is 50.0 Å². The lowest BCUT2D eigenvalue weighted by atomic mass is 9.98. The fourth-order valence-corrected chi connectivity index (χ4v) is 3.94. The second kappa shape index (κ2) is 7.64. The molecule has 22 heavy (non-hydrogen) atoms. The van der Waals surface area contributed by atoms with Crippen molar-refractivity contribution < 1.29 is 4.79 Å². The molecule has 5 nitrogen and oxygen atoms in total. The van der Waals surface area contributed by atoms with Crippen molar-refractivity contribution in [3.05, 3.63) is 10.0 Å². The summed E-state index contributed by atoms with van der Waals surface area (Å²) in [6.07, 6.45) is 5.63. The van der Waals surface area contributed by atoms with E-state index in [1.54, 1.807) is 11.3 Å². The molecule has 0 radical (unpaired) electrons. The lowest BCUT2D eigenvalue weighted by Gasteiger charge is -2.23. The highest BCUT2D eigenvalue weighted by molar-refractivity contribution is 7.99. The van der Waals surface area contributed by atoms with Crippen LogP contribution in [0.2, 0.25) is 0 Å². The molecule has 1 aliphatic heterocycles. The van der Waals surface area contributed by atoms with Crippen molar-refractivity contribution in [3.8, 4) is 0 Å². The first-order valence-corrected chi connectivity index (χ1v) is 9.89. The lowest BCUT2D eigenvalue weighted by molar-refractivity contribution is 0.200. The van der Waals surface area contributed by atoms with Gasteiger partial charge in [-0.3, -0.25) is 0 Å². The van der Waals surface area contributed by atoms with Crippen LogP contribution in [-0.4, -0.2) is 45.7 Å². The predicted molar refractivity (Wildman–Crippen MR) is 93.6 cm³/mol. The first-order valence-electron chi connectivity index (χ1n) is 7.78. The van der Waals surface area contributed by atoms with E-state index in [4.69, 9.17) is 0 Å². The van der Waals surface area contributed by atoms with Crippen molar-refractivity contribution in [1.29, 1.82) is 0 Å². The number of rotatable bonds is 3. The first-order chi connectivity index (χ1) is 10.4. The van der Waals surface area contributed by atoms with Crippen molar-refractivity contribution in [2.24, 2.45) is 0 Å². The predicted octanol–water partition coefficient (Wildman–Crippen LogP) is 3.26. The summed E-state index contributed by atoms with van der Waals surface area (Å²) in [5, 5.41) is 13.8. The molecule has 1 fully saturated rings. The van der Waals surface area contributed by atoms with Crippen molar-refractivity contribution in [2.75, 3.05) is 19.3 Å². The minimum absolute atomic E-state index is 0.0102. The Morgan fingerprint density at radius 2 is 2.18 bits per heavy atom. The fourth-order valence-electron chi connectivity index (χ4n) is 2.37. The second-order valence-corrected chi connectivity index (χ2v) is 8.91. The molecule has 1 N–H and O–H groups in total. The smallest absolute Gasteiger partial charge is 0.317 e. The maximum atomic E-state index is 12.4. The zero-order valence-corrected chi connectivity index (χ0v) is 15.5. The maximum absolute atomic E-state index is 12.4. The van der Waals surface area contributed by atoms with Gasteiger partial charge in [-0.1, -0.05) is 38.5 Å². The van der Waals surface area contributed by atoms with E-state index in [9.17, 15) is 4.79 Å². The summed E-state index contributed by atoms with van der Waals surface area (Å²) in [5.41, 5.74) is 0.0102. The number of likely N-dealkylation sites (tertiary alicyclic amines) is 1. The van der Waals surface area contributed by atoms with E-state index in [2.05, 4.69) is 42.5 Å². The Morgan fingerprint density at radius 3 is 2.82 bits per heavy atom. The van der Waals surface area contributed by atoms with E-state index in [0.717, 1.165) is 29.5 Å². The van der Waals surface area contributed by atoms with Gasteiger partial charge in [-0.05, 0) is 19.1 Å². The van der Waals surface area contributed by atoms with Gasteiger partial charge in [0.25, 0.3) is 0 Å². The summed E-state index contributed by atoms with van der Waals surface area (Å²) in [6, 6.07) is 0.0217. The van der Waals surface area contributed by atoms with E-state index >= 15 is 0 Å². The van der Waals surface area contributed by atoms with Crippen LogP contribution < -0.4 is 5.32 Å². The third kappa shape index (κ3) is 4.84. The molecule has 2 amide bonds. The average Bonchev–Trinajstić information content (AvgIpc) is 2.82. The molecular weight excluding hydrogens is 316 g/mol. The summed E-state index contributed by atoms with van der Waals surface area (Å²) in [6.45, 7) is 8.52. The van der Waals surface area contributed by atoms with E-state index in [0.29, 0.717) is 11.8 Å². The molecule has 7 heteroatoms. The molecule has 1 aromatic rings. The van der Waals surface area contributed by atoms with Crippen molar-refractivity contribution in [2.45, 2.75) is 57.2 Å².